The summed E-state index contributed by atoms with van der Waals surface area (Å²) in [7, 11) is -7.46. The normalized spacial score (nSPS) is 14.9. The molecule has 0 aliphatic carbocycles. The summed E-state index contributed by atoms with van der Waals surface area (Å²) < 4.78 is 60.4. The van der Waals surface area contributed by atoms with Gasteiger partial charge in [0.25, 0.3) is 0 Å². The first kappa shape index (κ1) is 49.4. The highest BCUT2D eigenvalue weighted by atomic mass is 31.2. The molecule has 3 rings (SSSR count). The van der Waals surface area contributed by atoms with Crippen molar-refractivity contribution in [2.24, 2.45) is 34.0 Å². The summed E-state index contributed by atoms with van der Waals surface area (Å²) in [6, 6.07) is 26.4. The van der Waals surface area contributed by atoms with Gasteiger partial charge < -0.3 is 13.6 Å². The Balaban J connectivity index is 0.000000525. The molecule has 306 valence electrons. The summed E-state index contributed by atoms with van der Waals surface area (Å²) in [5, 5.41) is 0. The van der Waals surface area contributed by atoms with Crippen molar-refractivity contribution in [1.29, 1.82) is 0 Å². The van der Waals surface area contributed by atoms with E-state index in [4.69, 9.17) is 27.1 Å². The third-order valence-electron chi connectivity index (χ3n) is 7.32. The Hall–Kier alpha value is -2.60. The molecule has 0 N–H and O–H groups in total. The average Bonchev–Trinajstić information content (AvgIpc) is 3.06. The number of phosphoric ester groups is 2. The second-order valence-corrected chi connectivity index (χ2v) is 20.7. The van der Waals surface area contributed by atoms with E-state index in [0.717, 1.165) is 19.3 Å². The number of para-hydroxylation sites is 3. The zero-order valence-corrected chi connectivity index (χ0v) is 37.6. The van der Waals surface area contributed by atoms with Crippen LogP contribution in [0.25, 0.3) is 0 Å². The summed E-state index contributed by atoms with van der Waals surface area (Å²) in [4.78, 5) is 0. The molecule has 0 radical (unpaired) electrons. The fourth-order valence-corrected chi connectivity index (χ4v) is 8.75. The van der Waals surface area contributed by atoms with Crippen LogP contribution in [-0.4, -0.2) is 19.8 Å². The van der Waals surface area contributed by atoms with E-state index in [1.165, 1.54) is 0 Å². The van der Waals surface area contributed by atoms with Gasteiger partial charge in [0.05, 0.1) is 19.8 Å². The van der Waals surface area contributed by atoms with Gasteiger partial charge in [0.2, 0.25) is 0 Å². The van der Waals surface area contributed by atoms with Gasteiger partial charge in [-0.15, -0.1) is 0 Å². The zero-order valence-electron chi connectivity index (χ0n) is 35.8. The predicted molar refractivity (Wildman–Crippen MR) is 225 cm³/mol. The number of hydrogen-bond acceptors (Lipinski definition) is 8. The molecule has 3 aromatic rings. The number of phosphoric acid groups is 2. The maximum Gasteiger partial charge on any atom is 0.647 e. The van der Waals surface area contributed by atoms with Crippen LogP contribution < -0.4 is 13.6 Å². The third kappa shape index (κ3) is 24.0. The lowest BCUT2D eigenvalue weighted by Crippen LogP contribution is -2.19. The largest absolute Gasteiger partial charge is 0.647 e. The lowest BCUT2D eigenvalue weighted by atomic mass is 9.86. The molecular weight excluding hydrogens is 718 g/mol. The highest BCUT2D eigenvalue weighted by Crippen LogP contribution is 2.52. The average molecular weight is 791 g/mol. The second kappa shape index (κ2) is 23.5. The van der Waals surface area contributed by atoms with Gasteiger partial charge >= 0.3 is 15.6 Å². The van der Waals surface area contributed by atoms with Crippen LogP contribution >= 0.6 is 15.6 Å². The molecule has 10 heteroatoms. The van der Waals surface area contributed by atoms with Gasteiger partial charge in [0.1, 0.15) is 17.2 Å². The first-order valence-corrected chi connectivity index (χ1v) is 22.3. The van der Waals surface area contributed by atoms with E-state index in [-0.39, 0.29) is 34.0 Å². The molecule has 3 aromatic carbocycles. The van der Waals surface area contributed by atoms with Crippen molar-refractivity contribution in [1.82, 2.24) is 0 Å². The molecule has 0 fully saturated rings. The van der Waals surface area contributed by atoms with Crippen molar-refractivity contribution in [3.8, 4) is 17.2 Å². The van der Waals surface area contributed by atoms with Crippen LogP contribution in [0.15, 0.2) is 91.0 Å². The van der Waals surface area contributed by atoms with E-state index >= 15 is 0 Å². The molecule has 0 aromatic heterocycles. The quantitative estimate of drug-likeness (QED) is 0.118. The number of hydrogen-bond donors (Lipinski definition) is 0. The fourth-order valence-electron chi connectivity index (χ4n) is 5.97. The molecule has 3 atom stereocenters. The lowest BCUT2D eigenvalue weighted by Gasteiger charge is -2.28. The molecule has 0 saturated heterocycles. The minimum Gasteiger partial charge on any atom is -0.386 e. The van der Waals surface area contributed by atoms with Crippen molar-refractivity contribution in [3.05, 3.63) is 91.0 Å². The van der Waals surface area contributed by atoms with E-state index in [0.29, 0.717) is 37.1 Å². The standard InChI is InChI=1S/C24H51O4P.C18H15O4P.C2H6/c1-19(13-22(4,5)6)16-26-29(25,27-17-20(2)14-23(7,8)9)28-18-21(3)15-24(10,11)12;19-23(20-16-10-4-1-5-11-16,21-17-12-6-2-7-13-17)22-18-14-8-3-9-15-18;1-2/h19-21H,13-18H2,1-12H3;1-15H;1-2H3. The van der Waals surface area contributed by atoms with Crippen molar-refractivity contribution in [3.63, 3.8) is 0 Å². The molecule has 0 saturated carbocycles. The van der Waals surface area contributed by atoms with Crippen LogP contribution in [0.4, 0.5) is 0 Å². The minimum absolute atomic E-state index is 0.205. The van der Waals surface area contributed by atoms with Crippen LogP contribution in [0, 0.1) is 34.0 Å². The Morgan fingerprint density at radius 1 is 0.426 bits per heavy atom. The zero-order chi connectivity index (χ0) is 41.1. The van der Waals surface area contributed by atoms with Crippen molar-refractivity contribution in [2.45, 2.75) is 116 Å². The van der Waals surface area contributed by atoms with Crippen molar-refractivity contribution < 1.29 is 36.3 Å². The molecule has 0 amide bonds. The minimum atomic E-state index is -3.89. The smallest absolute Gasteiger partial charge is 0.386 e. The summed E-state index contributed by atoms with van der Waals surface area (Å²) in [5.41, 5.74) is 0.616. The first-order valence-electron chi connectivity index (χ1n) is 19.4. The maximum atomic E-state index is 13.4. The molecule has 0 aliphatic rings. The molecule has 3 unspecified atom stereocenters. The van der Waals surface area contributed by atoms with Crippen LogP contribution in [0.5, 0.6) is 17.2 Å². The Bertz CT molecular complexity index is 1320. The van der Waals surface area contributed by atoms with Gasteiger partial charge in [-0.25, -0.2) is 4.57 Å². The Morgan fingerprint density at radius 3 is 0.852 bits per heavy atom. The topological polar surface area (TPSA) is 89.5 Å². The van der Waals surface area contributed by atoms with E-state index in [2.05, 4.69) is 83.1 Å². The van der Waals surface area contributed by atoms with Gasteiger partial charge in [-0.2, -0.15) is 4.57 Å². The van der Waals surface area contributed by atoms with Gasteiger partial charge in [0.15, 0.2) is 0 Å². The van der Waals surface area contributed by atoms with Crippen LogP contribution in [0.1, 0.15) is 116 Å². The first-order chi connectivity index (χ1) is 25.0. The Labute approximate surface area is 329 Å². The number of rotatable bonds is 18. The highest BCUT2D eigenvalue weighted by Gasteiger charge is 2.33. The molecule has 0 heterocycles. The lowest BCUT2D eigenvalue weighted by molar-refractivity contribution is 0.0692. The Morgan fingerprint density at radius 2 is 0.648 bits per heavy atom. The van der Waals surface area contributed by atoms with Crippen molar-refractivity contribution >= 4 is 15.6 Å². The van der Waals surface area contributed by atoms with E-state index in [1.807, 2.05) is 32.0 Å². The molecule has 54 heavy (non-hydrogen) atoms. The summed E-state index contributed by atoms with van der Waals surface area (Å²) in [6.07, 6.45) is 2.98. The van der Waals surface area contributed by atoms with Gasteiger partial charge in [-0.1, -0.05) is 152 Å². The van der Waals surface area contributed by atoms with Gasteiger partial charge in [-0.3, -0.25) is 13.6 Å². The van der Waals surface area contributed by atoms with Crippen LogP contribution in [-0.2, 0) is 22.7 Å². The third-order valence-corrected chi connectivity index (χ3v) is 10.0. The molecule has 0 bridgehead atoms. The maximum absolute atomic E-state index is 13.4. The van der Waals surface area contributed by atoms with Crippen molar-refractivity contribution in [2.75, 3.05) is 19.8 Å². The fraction of sp³-hybridized carbons (Fsp3) is 0.591. The van der Waals surface area contributed by atoms with E-state index in [9.17, 15) is 9.13 Å². The Kier molecular flexibility index (Phi) is 21.5. The van der Waals surface area contributed by atoms with Crippen LogP contribution in [0.2, 0.25) is 0 Å². The highest BCUT2D eigenvalue weighted by molar-refractivity contribution is 7.49. The predicted octanol–water partition coefficient (Wildman–Crippen LogP) is 14.7. The summed E-state index contributed by atoms with van der Waals surface area (Å²) in [6.45, 7) is 31.4. The summed E-state index contributed by atoms with van der Waals surface area (Å²) >= 11 is 0. The SMILES string of the molecule is CC.CC(COP(=O)(OCC(C)CC(C)(C)C)OCC(C)CC(C)(C)C)CC(C)(C)C.O=P(Oc1ccccc1)(Oc1ccccc1)Oc1ccccc1. The van der Waals surface area contributed by atoms with Gasteiger partial charge in [0, 0.05) is 0 Å². The molecular formula is C44H72O8P2. The van der Waals surface area contributed by atoms with Gasteiger partial charge in [-0.05, 0) is 89.7 Å². The number of benzene rings is 3. The molecule has 0 spiro atoms. The monoisotopic (exact) mass is 790 g/mol. The molecule has 8 nitrogen and oxygen atoms in total. The van der Waals surface area contributed by atoms with E-state index < -0.39 is 15.6 Å². The van der Waals surface area contributed by atoms with Crippen LogP contribution in [0.3, 0.4) is 0 Å². The molecule has 0 aliphatic heterocycles. The van der Waals surface area contributed by atoms with E-state index in [1.54, 1.807) is 72.8 Å². The second-order valence-electron chi connectivity index (χ2n) is 17.6. The summed E-state index contributed by atoms with van der Waals surface area (Å²) in [5.74, 6) is 2.08.